The zero-order valence-corrected chi connectivity index (χ0v) is 51.3. The molecule has 6 nitrogen and oxygen atoms in total. The quantitative estimate of drug-likeness (QED) is 0.0261. The molecule has 1 unspecified atom stereocenters. The summed E-state index contributed by atoms with van der Waals surface area (Å²) in [6.45, 7) is 6.27. The van der Waals surface area contributed by atoms with E-state index in [9.17, 15) is 14.4 Å². The van der Waals surface area contributed by atoms with Crippen LogP contribution >= 0.6 is 0 Å². The molecular weight excluding hydrogens is 973 g/mol. The highest BCUT2D eigenvalue weighted by molar-refractivity contribution is 5.71. The summed E-state index contributed by atoms with van der Waals surface area (Å²) in [6.07, 6.45) is 93.3. The van der Waals surface area contributed by atoms with Crippen LogP contribution in [0.15, 0.2) is 134 Å². The molecule has 6 heteroatoms. The number of rotatable bonds is 58. The normalized spacial score (nSPS) is 13.0. The molecule has 79 heavy (non-hydrogen) atoms. The second-order valence-corrected chi connectivity index (χ2v) is 21.2. The van der Waals surface area contributed by atoms with Gasteiger partial charge in [-0.1, -0.05) is 276 Å². The van der Waals surface area contributed by atoms with Crippen molar-refractivity contribution in [3.8, 4) is 0 Å². The van der Waals surface area contributed by atoms with Crippen LogP contribution in [0.4, 0.5) is 0 Å². The Morgan fingerprint density at radius 1 is 0.253 bits per heavy atom. The Morgan fingerprint density at radius 3 is 0.734 bits per heavy atom. The molecule has 0 aromatic rings. The maximum absolute atomic E-state index is 12.9. The summed E-state index contributed by atoms with van der Waals surface area (Å²) < 4.78 is 16.9. The maximum atomic E-state index is 12.9. The van der Waals surface area contributed by atoms with E-state index >= 15 is 0 Å². The van der Waals surface area contributed by atoms with Gasteiger partial charge in [0, 0.05) is 19.3 Å². The number of unbranched alkanes of at least 4 members (excludes halogenated alkanes) is 25. The third kappa shape index (κ3) is 64.3. The van der Waals surface area contributed by atoms with Crippen LogP contribution in [-0.2, 0) is 28.6 Å². The van der Waals surface area contributed by atoms with Crippen LogP contribution in [-0.4, -0.2) is 37.2 Å². The SMILES string of the molecule is CC/C=C\C/C=C\C/C=C\C/C=C\CCCCCCCCCCCCCCCCCCC(=O)OCC(COC(=O)CCCC/C=C\C/C=C\C/C=C\C/C=C\CC)OC(=O)CCCCCCCCC/C=C\C/C=C\C/C=C\CC. The van der Waals surface area contributed by atoms with Gasteiger partial charge in [-0.2, -0.15) is 0 Å². The van der Waals surface area contributed by atoms with Gasteiger partial charge in [0.05, 0.1) is 0 Å². The summed E-state index contributed by atoms with van der Waals surface area (Å²) in [4.78, 5) is 38.3. The molecule has 0 aliphatic heterocycles. The Bertz CT molecular complexity index is 1680. The average molecular weight is 1090 g/mol. The molecule has 1 atom stereocenters. The Balaban J connectivity index is 4.31. The van der Waals surface area contributed by atoms with Gasteiger partial charge in [0.15, 0.2) is 6.10 Å². The summed E-state index contributed by atoms with van der Waals surface area (Å²) in [7, 11) is 0. The van der Waals surface area contributed by atoms with Crippen molar-refractivity contribution in [2.75, 3.05) is 13.2 Å². The Hall–Kier alpha value is -4.45. The summed E-state index contributed by atoms with van der Waals surface area (Å²) in [5.74, 6) is -0.946. The number of esters is 3. The van der Waals surface area contributed by atoms with Crippen LogP contribution in [0.5, 0.6) is 0 Å². The van der Waals surface area contributed by atoms with Crippen LogP contribution in [0.3, 0.4) is 0 Å². The van der Waals surface area contributed by atoms with Crippen molar-refractivity contribution in [1.29, 1.82) is 0 Å². The van der Waals surface area contributed by atoms with Gasteiger partial charge in [0.25, 0.3) is 0 Å². The second-order valence-electron chi connectivity index (χ2n) is 21.2. The molecule has 0 N–H and O–H groups in total. The molecule has 0 rings (SSSR count). The zero-order chi connectivity index (χ0) is 57.1. The molecule has 0 saturated heterocycles. The molecule has 0 bridgehead atoms. The lowest BCUT2D eigenvalue weighted by molar-refractivity contribution is -0.167. The van der Waals surface area contributed by atoms with E-state index in [-0.39, 0.29) is 31.1 Å². The fourth-order valence-electron chi connectivity index (χ4n) is 8.85. The van der Waals surface area contributed by atoms with Crippen molar-refractivity contribution in [3.05, 3.63) is 134 Å². The number of carbonyl (C=O) groups excluding carboxylic acids is 3. The highest BCUT2D eigenvalue weighted by atomic mass is 16.6. The molecule has 0 aliphatic rings. The summed E-state index contributed by atoms with van der Waals surface area (Å²) in [5, 5.41) is 0. The molecule has 0 spiro atoms. The Labute approximate surface area is 487 Å². The van der Waals surface area contributed by atoms with Gasteiger partial charge in [-0.15, -0.1) is 0 Å². The largest absolute Gasteiger partial charge is 0.462 e. The van der Waals surface area contributed by atoms with Crippen LogP contribution < -0.4 is 0 Å². The maximum Gasteiger partial charge on any atom is 0.306 e. The summed E-state index contributed by atoms with van der Waals surface area (Å²) in [5.41, 5.74) is 0. The molecule has 0 radical (unpaired) electrons. The molecule has 0 fully saturated rings. The van der Waals surface area contributed by atoms with Crippen LogP contribution in [0.25, 0.3) is 0 Å². The third-order valence-electron chi connectivity index (χ3n) is 13.6. The first-order chi connectivity index (χ1) is 39.0. The zero-order valence-electron chi connectivity index (χ0n) is 51.3. The molecule has 0 aromatic heterocycles. The lowest BCUT2D eigenvalue weighted by atomic mass is 10.0. The minimum Gasteiger partial charge on any atom is -0.462 e. The van der Waals surface area contributed by atoms with Gasteiger partial charge in [-0.25, -0.2) is 0 Å². The van der Waals surface area contributed by atoms with Gasteiger partial charge < -0.3 is 14.2 Å². The molecule has 448 valence electrons. The minimum absolute atomic E-state index is 0.0972. The van der Waals surface area contributed by atoms with Gasteiger partial charge in [0.1, 0.15) is 13.2 Å². The van der Waals surface area contributed by atoms with Crippen molar-refractivity contribution in [2.45, 2.75) is 297 Å². The Kier molecular flexibility index (Phi) is 62.3. The summed E-state index contributed by atoms with van der Waals surface area (Å²) in [6, 6.07) is 0. The fourth-order valence-corrected chi connectivity index (χ4v) is 8.85. The first kappa shape index (κ1) is 74.5. The highest BCUT2D eigenvalue weighted by Crippen LogP contribution is 2.16. The van der Waals surface area contributed by atoms with Crippen molar-refractivity contribution in [3.63, 3.8) is 0 Å². The number of allylic oxidation sites excluding steroid dienone is 22. The number of hydrogen-bond donors (Lipinski definition) is 0. The van der Waals surface area contributed by atoms with Crippen LogP contribution in [0.2, 0.25) is 0 Å². The van der Waals surface area contributed by atoms with Crippen molar-refractivity contribution in [2.24, 2.45) is 0 Å². The highest BCUT2D eigenvalue weighted by Gasteiger charge is 2.19. The van der Waals surface area contributed by atoms with E-state index < -0.39 is 6.10 Å². The average Bonchev–Trinajstić information content (AvgIpc) is 3.45. The standard InChI is InChI=1S/C73H120O6/c1-4-7-10-13-16-19-22-25-28-30-31-32-33-34-35-36-37-38-39-40-41-43-45-48-51-54-57-60-63-66-72(75)78-69-70(68-77-71(74)65-62-59-56-53-50-47-44-27-24-21-18-15-12-9-6-3)79-73(76)67-64-61-58-55-52-49-46-42-29-26-23-20-17-14-11-8-5-2/h7-12,16-21,25-29,31-32,44,50,53,70H,4-6,13-15,22-24,30,33-43,45-49,51-52,54-69H2,1-3H3/b10-7-,11-8-,12-9-,19-16-,20-17-,21-18-,28-25-,29-26-,32-31-,44-27-,53-50-. The lowest BCUT2D eigenvalue weighted by Gasteiger charge is -2.18. The molecule has 0 saturated carbocycles. The predicted molar refractivity (Wildman–Crippen MR) is 343 cm³/mol. The van der Waals surface area contributed by atoms with E-state index in [1.165, 1.54) is 116 Å². The van der Waals surface area contributed by atoms with E-state index in [1.807, 2.05) is 0 Å². The van der Waals surface area contributed by atoms with Gasteiger partial charge >= 0.3 is 17.9 Å². The van der Waals surface area contributed by atoms with E-state index in [0.29, 0.717) is 19.3 Å². The topological polar surface area (TPSA) is 78.9 Å². The molecule has 0 amide bonds. The summed E-state index contributed by atoms with van der Waals surface area (Å²) >= 11 is 0. The van der Waals surface area contributed by atoms with Crippen molar-refractivity contribution < 1.29 is 28.6 Å². The van der Waals surface area contributed by atoms with Crippen molar-refractivity contribution >= 4 is 17.9 Å². The van der Waals surface area contributed by atoms with Crippen molar-refractivity contribution in [1.82, 2.24) is 0 Å². The lowest BCUT2D eigenvalue weighted by Crippen LogP contribution is -2.30. The fraction of sp³-hybridized carbons (Fsp3) is 0.658. The number of hydrogen-bond acceptors (Lipinski definition) is 6. The molecule has 0 aromatic carbocycles. The van der Waals surface area contributed by atoms with Gasteiger partial charge in [-0.3, -0.25) is 14.4 Å². The first-order valence-corrected chi connectivity index (χ1v) is 32.7. The Morgan fingerprint density at radius 2 is 0.456 bits per heavy atom. The van der Waals surface area contributed by atoms with Gasteiger partial charge in [-0.05, 0) is 128 Å². The van der Waals surface area contributed by atoms with Gasteiger partial charge in [0.2, 0.25) is 0 Å². The van der Waals surface area contributed by atoms with Crippen LogP contribution in [0, 0.1) is 0 Å². The van der Waals surface area contributed by atoms with E-state index in [4.69, 9.17) is 14.2 Å². The number of carbonyl (C=O) groups is 3. The van der Waals surface area contributed by atoms with E-state index in [1.54, 1.807) is 0 Å². The monoisotopic (exact) mass is 1090 g/mol. The third-order valence-corrected chi connectivity index (χ3v) is 13.6. The van der Waals surface area contributed by atoms with E-state index in [0.717, 1.165) is 135 Å². The molecule has 0 heterocycles. The smallest absolute Gasteiger partial charge is 0.306 e. The van der Waals surface area contributed by atoms with E-state index in [2.05, 4.69) is 154 Å². The number of ether oxygens (including phenoxy) is 3. The predicted octanol–water partition coefficient (Wildman–Crippen LogP) is 22.5. The minimum atomic E-state index is -0.805. The first-order valence-electron chi connectivity index (χ1n) is 32.7. The van der Waals surface area contributed by atoms with Crippen LogP contribution in [0.1, 0.15) is 290 Å². The second kappa shape index (κ2) is 66.1. The molecule has 0 aliphatic carbocycles. The molecular formula is C73H120O6.